The third kappa shape index (κ3) is 3.48. The smallest absolute Gasteiger partial charge is 0.244 e. The number of rotatable bonds is 6. The van der Waals surface area contributed by atoms with Gasteiger partial charge in [0.25, 0.3) is 0 Å². The Balaban J connectivity index is 2.01. The van der Waals surface area contributed by atoms with Gasteiger partial charge in [-0.15, -0.1) is 0 Å². The maximum absolute atomic E-state index is 12.1. The zero-order valence-electron chi connectivity index (χ0n) is 10.8. The van der Waals surface area contributed by atoms with Gasteiger partial charge in [0, 0.05) is 25.9 Å². The van der Waals surface area contributed by atoms with Crippen molar-refractivity contribution in [2.24, 2.45) is 12.8 Å². The molecule has 0 aliphatic carbocycles. The van der Waals surface area contributed by atoms with Crippen molar-refractivity contribution in [3.8, 4) is 0 Å². The number of halogens is 1. The monoisotopic (exact) mass is 362 g/mol. The molecule has 110 valence electrons. The van der Waals surface area contributed by atoms with Crippen LogP contribution in [0.25, 0.3) is 0 Å². The summed E-state index contributed by atoms with van der Waals surface area (Å²) in [5.41, 5.74) is 6.38. The average molecular weight is 363 g/mol. The molecule has 0 aliphatic heterocycles. The highest BCUT2D eigenvalue weighted by Crippen LogP contribution is 2.25. The fraction of sp³-hybridized carbons (Fsp3) is 0.364. The number of aryl methyl sites for hydroxylation is 1. The minimum absolute atomic E-state index is 0.0594. The number of hydrogen-bond acceptors (Lipinski definition) is 5. The molecule has 2 aromatic rings. The minimum Gasteiger partial charge on any atom is -0.452 e. The molecule has 0 unspecified atom stereocenters. The van der Waals surface area contributed by atoms with Crippen LogP contribution in [-0.2, 0) is 30.0 Å². The third-order valence-corrected chi connectivity index (χ3v) is 4.98. The van der Waals surface area contributed by atoms with Gasteiger partial charge in [-0.1, -0.05) is 0 Å². The molecule has 0 bridgehead atoms. The fourth-order valence-electron chi connectivity index (χ4n) is 1.69. The quantitative estimate of drug-likeness (QED) is 0.789. The first-order valence-corrected chi connectivity index (χ1v) is 8.15. The van der Waals surface area contributed by atoms with Crippen LogP contribution in [0.1, 0.15) is 11.3 Å². The first kappa shape index (κ1) is 15.2. The molecule has 20 heavy (non-hydrogen) atoms. The molecule has 3 N–H and O–H groups in total. The Kier molecular flexibility index (Phi) is 4.63. The van der Waals surface area contributed by atoms with Crippen LogP contribution < -0.4 is 10.5 Å². The van der Waals surface area contributed by atoms with E-state index in [1.165, 1.54) is 6.07 Å². The van der Waals surface area contributed by atoms with Crippen molar-refractivity contribution >= 4 is 26.0 Å². The van der Waals surface area contributed by atoms with E-state index in [1.807, 2.05) is 13.2 Å². The van der Waals surface area contributed by atoms with Gasteiger partial charge in [0.15, 0.2) is 4.67 Å². The number of aromatic nitrogens is 2. The van der Waals surface area contributed by atoms with Gasteiger partial charge in [0.2, 0.25) is 10.0 Å². The van der Waals surface area contributed by atoms with Gasteiger partial charge in [-0.2, -0.15) is 5.10 Å². The van der Waals surface area contributed by atoms with E-state index in [9.17, 15) is 8.42 Å². The van der Waals surface area contributed by atoms with Crippen LogP contribution in [0, 0.1) is 0 Å². The highest BCUT2D eigenvalue weighted by atomic mass is 79.9. The van der Waals surface area contributed by atoms with Crippen molar-refractivity contribution < 1.29 is 12.8 Å². The van der Waals surface area contributed by atoms with Crippen molar-refractivity contribution in [3.05, 3.63) is 34.5 Å². The molecule has 9 heteroatoms. The first-order chi connectivity index (χ1) is 9.42. The summed E-state index contributed by atoms with van der Waals surface area (Å²) in [6.07, 6.45) is 4.11. The molecule has 0 spiro atoms. The molecule has 7 nitrogen and oxygen atoms in total. The Morgan fingerprint density at radius 1 is 1.55 bits per heavy atom. The molecule has 0 amide bonds. The molecular formula is C11H15BrN4O3S. The van der Waals surface area contributed by atoms with Gasteiger partial charge in [0.1, 0.15) is 10.7 Å². The highest BCUT2D eigenvalue weighted by Gasteiger charge is 2.21. The van der Waals surface area contributed by atoms with E-state index in [4.69, 9.17) is 10.2 Å². The predicted octanol–water partition coefficient (Wildman–Crippen LogP) is 0.755. The summed E-state index contributed by atoms with van der Waals surface area (Å²) < 4.78 is 33.8. The first-order valence-electron chi connectivity index (χ1n) is 5.88. The maximum atomic E-state index is 12.1. The third-order valence-electron chi connectivity index (χ3n) is 2.66. The molecule has 2 rings (SSSR count). The molecule has 0 aliphatic rings. The molecular weight excluding hydrogens is 348 g/mol. The summed E-state index contributed by atoms with van der Waals surface area (Å²) in [5.74, 6) is 0.407. The predicted molar refractivity (Wildman–Crippen MR) is 76.4 cm³/mol. The largest absolute Gasteiger partial charge is 0.452 e. The lowest BCUT2D eigenvalue weighted by molar-refractivity contribution is 0.483. The van der Waals surface area contributed by atoms with Crippen LogP contribution in [0.3, 0.4) is 0 Å². The molecule has 2 heterocycles. The van der Waals surface area contributed by atoms with Crippen LogP contribution in [0.15, 0.2) is 32.4 Å². The maximum Gasteiger partial charge on any atom is 0.244 e. The second kappa shape index (κ2) is 6.08. The Bertz CT molecular complexity index is 692. The zero-order chi connectivity index (χ0) is 14.8. The van der Waals surface area contributed by atoms with E-state index in [0.717, 1.165) is 5.56 Å². The number of hydrogen-bond donors (Lipinski definition) is 2. The fourth-order valence-corrected chi connectivity index (χ4v) is 3.72. The molecule has 0 saturated carbocycles. The lowest BCUT2D eigenvalue weighted by atomic mass is 10.3. The Morgan fingerprint density at radius 3 is 2.85 bits per heavy atom. The number of nitrogens with one attached hydrogen (secondary N) is 1. The highest BCUT2D eigenvalue weighted by molar-refractivity contribution is 9.10. The van der Waals surface area contributed by atoms with Gasteiger partial charge >= 0.3 is 0 Å². The Labute approximate surface area is 125 Å². The molecule has 0 fully saturated rings. The molecule has 0 radical (unpaired) electrons. The van der Waals surface area contributed by atoms with Crippen molar-refractivity contribution in [2.45, 2.75) is 17.9 Å². The van der Waals surface area contributed by atoms with Crippen LogP contribution in [0.2, 0.25) is 0 Å². The second-order valence-electron chi connectivity index (χ2n) is 4.22. The normalized spacial score (nSPS) is 11.9. The van der Waals surface area contributed by atoms with E-state index < -0.39 is 10.0 Å². The number of furan rings is 1. The lowest BCUT2D eigenvalue weighted by Crippen LogP contribution is -2.25. The lowest BCUT2D eigenvalue weighted by Gasteiger charge is -2.03. The Hall–Kier alpha value is -1.16. The SMILES string of the molecule is Cn1cc(CCNS(=O)(=O)c2cc(CN)oc2Br)cn1. The van der Waals surface area contributed by atoms with Crippen LogP contribution in [-0.4, -0.2) is 24.7 Å². The second-order valence-corrected chi connectivity index (χ2v) is 6.68. The summed E-state index contributed by atoms with van der Waals surface area (Å²) in [4.78, 5) is 0.0594. The summed E-state index contributed by atoms with van der Waals surface area (Å²) in [6, 6.07) is 1.41. The summed E-state index contributed by atoms with van der Waals surface area (Å²) in [7, 11) is -1.81. The standard InChI is InChI=1S/C11H15BrN4O3S/c1-16-7-8(6-14-16)2-3-15-20(17,18)10-4-9(5-13)19-11(10)12/h4,6-7,15H,2-3,5,13H2,1H3. The van der Waals surface area contributed by atoms with Crippen molar-refractivity contribution in [1.82, 2.24) is 14.5 Å². The van der Waals surface area contributed by atoms with E-state index in [2.05, 4.69) is 25.8 Å². The van der Waals surface area contributed by atoms with Crippen LogP contribution in [0.4, 0.5) is 0 Å². The number of sulfonamides is 1. The summed E-state index contributed by atoms with van der Waals surface area (Å²) in [6.45, 7) is 0.424. The molecule has 0 atom stereocenters. The molecule has 2 aromatic heterocycles. The number of nitrogens with two attached hydrogens (primary N) is 1. The van der Waals surface area contributed by atoms with Crippen molar-refractivity contribution in [2.75, 3.05) is 6.54 Å². The van der Waals surface area contributed by atoms with Gasteiger partial charge in [-0.05, 0) is 27.9 Å². The van der Waals surface area contributed by atoms with Gasteiger partial charge in [-0.25, -0.2) is 13.1 Å². The summed E-state index contributed by atoms with van der Waals surface area (Å²) >= 11 is 3.08. The van der Waals surface area contributed by atoms with E-state index >= 15 is 0 Å². The van der Waals surface area contributed by atoms with E-state index in [-0.39, 0.29) is 22.7 Å². The average Bonchev–Trinajstić information content (AvgIpc) is 2.95. The van der Waals surface area contributed by atoms with Crippen molar-refractivity contribution in [1.29, 1.82) is 0 Å². The zero-order valence-corrected chi connectivity index (χ0v) is 13.2. The van der Waals surface area contributed by atoms with Crippen LogP contribution in [0.5, 0.6) is 0 Å². The topological polar surface area (TPSA) is 103 Å². The van der Waals surface area contributed by atoms with Crippen molar-refractivity contribution in [3.63, 3.8) is 0 Å². The molecule has 0 saturated heterocycles. The minimum atomic E-state index is -3.62. The summed E-state index contributed by atoms with van der Waals surface area (Å²) in [5, 5.41) is 4.02. The van der Waals surface area contributed by atoms with E-state index in [0.29, 0.717) is 12.2 Å². The van der Waals surface area contributed by atoms with Gasteiger partial charge < -0.3 is 10.2 Å². The number of nitrogens with zero attached hydrogens (tertiary/aromatic N) is 2. The van der Waals surface area contributed by atoms with E-state index in [1.54, 1.807) is 10.9 Å². The Morgan fingerprint density at radius 2 is 2.30 bits per heavy atom. The molecule has 0 aromatic carbocycles. The van der Waals surface area contributed by atoms with Gasteiger partial charge in [-0.3, -0.25) is 4.68 Å². The van der Waals surface area contributed by atoms with Crippen LogP contribution >= 0.6 is 15.9 Å². The van der Waals surface area contributed by atoms with Gasteiger partial charge in [0.05, 0.1) is 12.7 Å².